The first-order chi connectivity index (χ1) is 9.80. The fraction of sp³-hybridized carbons (Fsp3) is 0.600. The smallest absolute Gasteiger partial charge is 0.180 e. The molecule has 0 saturated carbocycles. The van der Waals surface area contributed by atoms with E-state index in [9.17, 15) is 0 Å². The summed E-state index contributed by atoms with van der Waals surface area (Å²) in [6.07, 6.45) is 10.5. The van der Waals surface area contributed by atoms with Gasteiger partial charge in [0.05, 0.1) is 6.20 Å². The molecule has 5 heteroatoms. The highest BCUT2D eigenvalue weighted by atomic mass is 15.2. The molecule has 110 valence electrons. The molecular weight excluding hydrogens is 250 g/mol. The van der Waals surface area contributed by atoms with Crippen molar-refractivity contribution in [2.24, 2.45) is 0 Å². The van der Waals surface area contributed by atoms with Gasteiger partial charge >= 0.3 is 0 Å². The summed E-state index contributed by atoms with van der Waals surface area (Å²) in [7, 11) is 1.90. The van der Waals surface area contributed by atoms with Crippen LogP contribution in [-0.4, -0.2) is 34.5 Å². The fourth-order valence-electron chi connectivity index (χ4n) is 2.27. The van der Waals surface area contributed by atoms with Crippen molar-refractivity contribution < 1.29 is 0 Å². The van der Waals surface area contributed by atoms with Crippen molar-refractivity contribution >= 4 is 17.3 Å². The maximum absolute atomic E-state index is 4.73. The zero-order chi connectivity index (χ0) is 14.4. The van der Waals surface area contributed by atoms with E-state index in [0.717, 1.165) is 30.4 Å². The minimum absolute atomic E-state index is 0.878. The second kappa shape index (κ2) is 7.12. The van der Waals surface area contributed by atoms with Crippen LogP contribution in [0.15, 0.2) is 18.6 Å². The van der Waals surface area contributed by atoms with Gasteiger partial charge in [0, 0.05) is 32.5 Å². The molecule has 20 heavy (non-hydrogen) atoms. The number of nitrogens with one attached hydrogen (secondary N) is 1. The third-order valence-electron chi connectivity index (χ3n) is 3.48. The van der Waals surface area contributed by atoms with E-state index in [1.54, 1.807) is 0 Å². The van der Waals surface area contributed by atoms with Crippen LogP contribution >= 0.6 is 0 Å². The molecule has 2 aromatic heterocycles. The lowest BCUT2D eigenvalue weighted by Crippen LogP contribution is -2.27. The Morgan fingerprint density at radius 1 is 1.20 bits per heavy atom. The van der Waals surface area contributed by atoms with Crippen LogP contribution in [0.25, 0.3) is 5.65 Å². The van der Waals surface area contributed by atoms with Crippen molar-refractivity contribution in [2.75, 3.05) is 30.4 Å². The minimum Gasteiger partial charge on any atom is -0.372 e. The number of unbranched alkanes of at least 4 members (excludes halogenated alkanes) is 2. The second-order valence-electron chi connectivity index (χ2n) is 5.05. The Kier molecular flexibility index (Phi) is 5.21. The quantitative estimate of drug-likeness (QED) is 0.803. The SMILES string of the molecule is CCCCN(CCCC)c1nc(NC)cn2ccnc12. The fourth-order valence-corrected chi connectivity index (χ4v) is 2.27. The van der Waals surface area contributed by atoms with Crippen molar-refractivity contribution in [3.63, 3.8) is 0 Å². The van der Waals surface area contributed by atoms with E-state index in [-0.39, 0.29) is 0 Å². The Morgan fingerprint density at radius 3 is 2.50 bits per heavy atom. The zero-order valence-corrected chi connectivity index (χ0v) is 12.8. The highest BCUT2D eigenvalue weighted by Gasteiger charge is 2.14. The molecule has 0 bridgehead atoms. The summed E-state index contributed by atoms with van der Waals surface area (Å²) in [6.45, 7) is 6.53. The molecule has 0 amide bonds. The predicted octanol–water partition coefficient (Wildman–Crippen LogP) is 3.18. The van der Waals surface area contributed by atoms with Crippen molar-refractivity contribution in [3.8, 4) is 0 Å². The van der Waals surface area contributed by atoms with E-state index < -0.39 is 0 Å². The van der Waals surface area contributed by atoms with E-state index in [1.807, 2.05) is 30.0 Å². The second-order valence-corrected chi connectivity index (χ2v) is 5.05. The molecule has 1 N–H and O–H groups in total. The average molecular weight is 275 g/mol. The number of fused-ring (bicyclic) bond motifs is 1. The van der Waals surface area contributed by atoms with Crippen molar-refractivity contribution in [2.45, 2.75) is 39.5 Å². The molecule has 0 atom stereocenters. The molecular formula is C15H25N5. The molecule has 0 radical (unpaired) electrons. The van der Waals surface area contributed by atoms with E-state index in [2.05, 4.69) is 29.0 Å². The molecule has 0 unspecified atom stereocenters. The molecule has 0 aromatic carbocycles. The number of anilines is 2. The summed E-state index contributed by atoms with van der Waals surface area (Å²) in [6, 6.07) is 0. The van der Waals surface area contributed by atoms with Crippen LogP contribution in [0.5, 0.6) is 0 Å². The third kappa shape index (κ3) is 3.21. The number of nitrogens with zero attached hydrogens (tertiary/aromatic N) is 4. The molecule has 5 nitrogen and oxygen atoms in total. The highest BCUT2D eigenvalue weighted by Crippen LogP contribution is 2.21. The van der Waals surface area contributed by atoms with E-state index >= 15 is 0 Å². The van der Waals surface area contributed by atoms with Gasteiger partial charge in [0.2, 0.25) is 0 Å². The minimum atomic E-state index is 0.878. The molecule has 0 spiro atoms. The molecule has 2 aromatic rings. The molecule has 2 rings (SSSR count). The van der Waals surface area contributed by atoms with Gasteiger partial charge in [0.15, 0.2) is 11.5 Å². The van der Waals surface area contributed by atoms with E-state index in [4.69, 9.17) is 4.98 Å². The number of hydrogen-bond acceptors (Lipinski definition) is 4. The summed E-state index contributed by atoms with van der Waals surface area (Å²) in [4.78, 5) is 11.6. The molecule has 0 fully saturated rings. The summed E-state index contributed by atoms with van der Waals surface area (Å²) in [5.41, 5.74) is 0.941. The van der Waals surface area contributed by atoms with Crippen LogP contribution in [0.1, 0.15) is 39.5 Å². The van der Waals surface area contributed by atoms with Crippen molar-refractivity contribution in [1.82, 2.24) is 14.4 Å². The summed E-state index contributed by atoms with van der Waals surface area (Å²) in [5, 5.41) is 3.13. The molecule has 0 aliphatic heterocycles. The Morgan fingerprint density at radius 2 is 1.90 bits per heavy atom. The Bertz CT molecular complexity index is 526. The predicted molar refractivity (Wildman–Crippen MR) is 84.6 cm³/mol. The molecule has 0 saturated heterocycles. The summed E-state index contributed by atoms with van der Waals surface area (Å²) < 4.78 is 2.04. The van der Waals surface area contributed by atoms with Crippen molar-refractivity contribution in [3.05, 3.63) is 18.6 Å². The topological polar surface area (TPSA) is 45.5 Å². The standard InChI is InChI=1S/C15H25N5/c1-4-6-9-19(10-7-5-2)15-14-17-8-11-20(14)12-13(16-3)18-15/h8,11-12,16H,4-7,9-10H2,1-3H3. The van der Waals surface area contributed by atoms with Crippen LogP contribution in [0, 0.1) is 0 Å². The molecule has 0 aliphatic rings. The zero-order valence-electron chi connectivity index (χ0n) is 12.8. The van der Waals surface area contributed by atoms with Gasteiger partial charge in [-0.3, -0.25) is 0 Å². The van der Waals surface area contributed by atoms with Crippen LogP contribution in [0.2, 0.25) is 0 Å². The van der Waals surface area contributed by atoms with Crippen LogP contribution in [0.3, 0.4) is 0 Å². The number of rotatable bonds is 8. The van der Waals surface area contributed by atoms with Crippen LogP contribution in [0.4, 0.5) is 11.6 Å². The van der Waals surface area contributed by atoms with Gasteiger partial charge in [-0.15, -0.1) is 0 Å². The van der Waals surface area contributed by atoms with Gasteiger partial charge in [-0.05, 0) is 12.8 Å². The third-order valence-corrected chi connectivity index (χ3v) is 3.48. The summed E-state index contributed by atoms with van der Waals surface area (Å²) in [5.74, 6) is 1.87. The van der Waals surface area contributed by atoms with Gasteiger partial charge in [-0.2, -0.15) is 0 Å². The lowest BCUT2D eigenvalue weighted by molar-refractivity contribution is 0.671. The lowest BCUT2D eigenvalue weighted by Gasteiger charge is -2.24. The Balaban J connectivity index is 2.36. The first-order valence-corrected chi connectivity index (χ1v) is 7.56. The van der Waals surface area contributed by atoms with Gasteiger partial charge in [0.1, 0.15) is 5.82 Å². The highest BCUT2D eigenvalue weighted by molar-refractivity contribution is 5.66. The molecule has 2 heterocycles. The van der Waals surface area contributed by atoms with E-state index in [1.165, 1.54) is 25.7 Å². The maximum atomic E-state index is 4.73. The van der Waals surface area contributed by atoms with Gasteiger partial charge in [0.25, 0.3) is 0 Å². The number of hydrogen-bond donors (Lipinski definition) is 1. The van der Waals surface area contributed by atoms with Gasteiger partial charge < -0.3 is 14.6 Å². The Hall–Kier alpha value is -1.78. The van der Waals surface area contributed by atoms with Crippen molar-refractivity contribution in [1.29, 1.82) is 0 Å². The van der Waals surface area contributed by atoms with Crippen LogP contribution in [-0.2, 0) is 0 Å². The lowest BCUT2D eigenvalue weighted by atomic mass is 10.2. The first kappa shape index (κ1) is 14.6. The van der Waals surface area contributed by atoms with E-state index in [0.29, 0.717) is 0 Å². The first-order valence-electron chi connectivity index (χ1n) is 7.56. The average Bonchev–Trinajstić information content (AvgIpc) is 2.95. The summed E-state index contributed by atoms with van der Waals surface area (Å²) >= 11 is 0. The van der Waals surface area contributed by atoms with Crippen LogP contribution < -0.4 is 10.2 Å². The normalized spacial score (nSPS) is 10.9. The maximum Gasteiger partial charge on any atom is 0.180 e. The Labute approximate surface area is 121 Å². The number of imidazole rings is 1. The number of aromatic nitrogens is 3. The van der Waals surface area contributed by atoms with Gasteiger partial charge in [-0.1, -0.05) is 26.7 Å². The molecule has 0 aliphatic carbocycles. The monoisotopic (exact) mass is 275 g/mol. The largest absolute Gasteiger partial charge is 0.372 e. The van der Waals surface area contributed by atoms with Gasteiger partial charge in [-0.25, -0.2) is 9.97 Å².